The molecule has 3 aromatic rings. The van der Waals surface area contributed by atoms with E-state index in [1.54, 1.807) is 6.92 Å². The number of carbonyl (C=O) groups excluding carboxylic acids is 1. The Morgan fingerprint density at radius 1 is 1.16 bits per heavy atom. The number of carbonyl (C=O) groups is 1. The summed E-state index contributed by atoms with van der Waals surface area (Å²) in [6, 6.07) is 9.59. The van der Waals surface area contributed by atoms with E-state index in [4.69, 9.17) is 39.5 Å². The van der Waals surface area contributed by atoms with E-state index in [9.17, 15) is 9.18 Å². The van der Waals surface area contributed by atoms with E-state index < -0.39 is 17.8 Å². The zero-order valence-electron chi connectivity index (χ0n) is 16.8. The molecule has 1 N–H and O–H groups in total. The Labute approximate surface area is 194 Å². The largest absolute Gasteiger partial charge is 0.450 e. The van der Waals surface area contributed by atoms with Crippen LogP contribution in [0.2, 0.25) is 10.0 Å². The highest BCUT2D eigenvalue weighted by Crippen LogP contribution is 2.30. The number of benzene rings is 2. The number of hydrogen-bond acceptors (Lipinski definition) is 4. The quantitative estimate of drug-likeness (QED) is 0.425. The van der Waals surface area contributed by atoms with Crippen LogP contribution in [0, 0.1) is 19.7 Å². The number of alkyl halides is 1. The van der Waals surface area contributed by atoms with Crippen molar-refractivity contribution in [1.29, 1.82) is 0 Å². The van der Waals surface area contributed by atoms with Gasteiger partial charge in [0.15, 0.2) is 23.0 Å². The maximum absolute atomic E-state index is 14.2. The van der Waals surface area contributed by atoms with Gasteiger partial charge in [-0.3, -0.25) is 4.79 Å². The number of aromatic nitrogens is 2. The fraction of sp³-hybridized carbons (Fsp3) is 0.227. The van der Waals surface area contributed by atoms with Gasteiger partial charge in [-0.2, -0.15) is 0 Å². The molecule has 0 aliphatic rings. The third-order valence-corrected chi connectivity index (χ3v) is 5.44. The average molecular weight is 483 g/mol. The summed E-state index contributed by atoms with van der Waals surface area (Å²) in [4.78, 5) is 21.2. The molecule has 5 nitrogen and oxygen atoms in total. The topological polar surface area (TPSA) is 64.1 Å². The van der Waals surface area contributed by atoms with E-state index in [0.717, 1.165) is 11.1 Å². The average Bonchev–Trinajstić information content (AvgIpc) is 2.73. The molecule has 0 spiro atoms. The van der Waals surface area contributed by atoms with E-state index >= 15 is 0 Å². The maximum atomic E-state index is 14.2. The summed E-state index contributed by atoms with van der Waals surface area (Å²) < 4.78 is 19.8. The van der Waals surface area contributed by atoms with Crippen molar-refractivity contribution in [1.82, 2.24) is 15.3 Å². The Morgan fingerprint density at radius 2 is 1.94 bits per heavy atom. The maximum Gasteiger partial charge on any atom is 0.274 e. The van der Waals surface area contributed by atoms with Crippen LogP contribution in [0.25, 0.3) is 0 Å². The van der Waals surface area contributed by atoms with Gasteiger partial charge < -0.3 is 10.1 Å². The molecule has 2 aromatic carbocycles. The van der Waals surface area contributed by atoms with E-state index in [1.165, 1.54) is 24.4 Å². The van der Waals surface area contributed by atoms with Crippen molar-refractivity contribution in [2.45, 2.75) is 26.3 Å². The molecule has 9 heteroatoms. The van der Waals surface area contributed by atoms with Crippen LogP contribution < -0.4 is 10.1 Å². The van der Waals surface area contributed by atoms with Crippen molar-refractivity contribution >= 4 is 40.7 Å². The van der Waals surface area contributed by atoms with E-state index in [0.29, 0.717) is 17.3 Å². The number of halogens is 4. The molecule has 1 amide bonds. The fourth-order valence-corrected chi connectivity index (χ4v) is 3.52. The number of ether oxygens (including phenoxy) is 1. The van der Waals surface area contributed by atoms with Crippen molar-refractivity contribution in [3.05, 3.63) is 81.1 Å². The van der Waals surface area contributed by atoms with Gasteiger partial charge in [0.05, 0.1) is 11.2 Å². The first-order valence-corrected chi connectivity index (χ1v) is 10.6. The normalized spacial score (nSPS) is 11.8. The lowest BCUT2D eigenvalue weighted by molar-refractivity contribution is 0.0932. The number of rotatable bonds is 7. The second kappa shape index (κ2) is 10.3. The molecule has 3 rings (SSSR count). The van der Waals surface area contributed by atoms with Gasteiger partial charge in [0.2, 0.25) is 0 Å². The molecule has 1 atom stereocenters. The van der Waals surface area contributed by atoms with Crippen molar-refractivity contribution < 1.29 is 13.9 Å². The van der Waals surface area contributed by atoms with Gasteiger partial charge in [0.25, 0.3) is 5.91 Å². The van der Waals surface area contributed by atoms with E-state index in [2.05, 4.69) is 15.3 Å². The lowest BCUT2D eigenvalue weighted by atomic mass is 10.0. The van der Waals surface area contributed by atoms with Gasteiger partial charge in [-0.25, -0.2) is 14.4 Å². The molecular formula is C22H19Cl3FN3O2. The predicted molar refractivity (Wildman–Crippen MR) is 120 cm³/mol. The SMILES string of the molecule is Cc1ccc(C[C@H](CCl)NC(=O)c2nc(C)ncc2Oc2cccc(Cl)c2F)c(Cl)c1. The van der Waals surface area contributed by atoms with Crippen molar-refractivity contribution in [3.63, 3.8) is 0 Å². The highest BCUT2D eigenvalue weighted by Gasteiger charge is 2.22. The minimum Gasteiger partial charge on any atom is -0.450 e. The van der Waals surface area contributed by atoms with Crippen LogP contribution in [0.4, 0.5) is 4.39 Å². The first kappa shape index (κ1) is 23.3. The Morgan fingerprint density at radius 3 is 2.65 bits per heavy atom. The van der Waals surface area contributed by atoms with Crippen LogP contribution in [0.15, 0.2) is 42.6 Å². The molecule has 31 heavy (non-hydrogen) atoms. The fourth-order valence-electron chi connectivity index (χ4n) is 2.86. The van der Waals surface area contributed by atoms with Crippen LogP contribution in [-0.4, -0.2) is 27.8 Å². The summed E-state index contributed by atoms with van der Waals surface area (Å²) >= 11 is 18.2. The zero-order valence-corrected chi connectivity index (χ0v) is 19.0. The molecule has 0 saturated heterocycles. The number of amides is 1. The molecule has 0 aliphatic carbocycles. The lowest BCUT2D eigenvalue weighted by Crippen LogP contribution is -2.38. The predicted octanol–water partition coefficient (Wildman–Crippen LogP) is 5.91. The molecular weight excluding hydrogens is 464 g/mol. The first-order valence-electron chi connectivity index (χ1n) is 9.36. The van der Waals surface area contributed by atoms with Crippen LogP contribution in [-0.2, 0) is 6.42 Å². The Balaban J connectivity index is 1.83. The molecule has 0 fully saturated rings. The second-order valence-corrected chi connectivity index (χ2v) is 8.03. The number of hydrogen-bond donors (Lipinski definition) is 1. The van der Waals surface area contributed by atoms with Crippen LogP contribution in [0.3, 0.4) is 0 Å². The molecule has 0 bridgehead atoms. The first-order chi connectivity index (χ1) is 14.8. The smallest absolute Gasteiger partial charge is 0.274 e. The molecule has 162 valence electrons. The molecule has 0 saturated carbocycles. The Kier molecular flexibility index (Phi) is 7.70. The molecule has 0 aliphatic heterocycles. The number of nitrogens with one attached hydrogen (secondary N) is 1. The molecule has 0 unspecified atom stereocenters. The van der Waals surface area contributed by atoms with Crippen LogP contribution in [0.5, 0.6) is 11.5 Å². The summed E-state index contributed by atoms with van der Waals surface area (Å²) in [6.45, 7) is 3.57. The summed E-state index contributed by atoms with van der Waals surface area (Å²) in [7, 11) is 0. The third-order valence-electron chi connectivity index (χ3n) is 4.42. The summed E-state index contributed by atoms with van der Waals surface area (Å²) in [5.41, 5.74) is 1.85. The van der Waals surface area contributed by atoms with Crippen molar-refractivity contribution in [3.8, 4) is 11.5 Å². The highest BCUT2D eigenvalue weighted by molar-refractivity contribution is 6.31. The minimum absolute atomic E-state index is 0.00837. The van der Waals surface area contributed by atoms with Crippen LogP contribution in [0.1, 0.15) is 27.4 Å². The van der Waals surface area contributed by atoms with E-state index in [-0.39, 0.29) is 28.1 Å². The lowest BCUT2D eigenvalue weighted by Gasteiger charge is -2.18. The van der Waals surface area contributed by atoms with Gasteiger partial charge in [0.1, 0.15) is 5.82 Å². The van der Waals surface area contributed by atoms with Crippen LogP contribution >= 0.6 is 34.8 Å². The summed E-state index contributed by atoms with van der Waals surface area (Å²) in [5, 5.41) is 3.33. The van der Waals surface area contributed by atoms with Crippen molar-refractivity contribution in [2.24, 2.45) is 0 Å². The number of nitrogens with zero attached hydrogens (tertiary/aromatic N) is 2. The second-order valence-electron chi connectivity index (χ2n) is 6.91. The highest BCUT2D eigenvalue weighted by atomic mass is 35.5. The molecule has 0 radical (unpaired) electrons. The monoisotopic (exact) mass is 481 g/mol. The minimum atomic E-state index is -0.747. The summed E-state index contributed by atoms with van der Waals surface area (Å²) in [6.07, 6.45) is 1.74. The van der Waals surface area contributed by atoms with Gasteiger partial charge in [-0.1, -0.05) is 41.4 Å². The Hall–Kier alpha value is -2.41. The summed E-state index contributed by atoms with van der Waals surface area (Å²) in [5.74, 6) is -0.923. The number of aryl methyl sites for hydroxylation is 2. The van der Waals surface area contributed by atoms with Gasteiger partial charge in [-0.15, -0.1) is 11.6 Å². The van der Waals surface area contributed by atoms with Gasteiger partial charge in [0, 0.05) is 16.9 Å². The van der Waals surface area contributed by atoms with Gasteiger partial charge >= 0.3 is 0 Å². The molecule has 1 aromatic heterocycles. The zero-order chi connectivity index (χ0) is 22.5. The molecule has 1 heterocycles. The van der Waals surface area contributed by atoms with Crippen molar-refractivity contribution in [2.75, 3.05) is 5.88 Å². The Bertz CT molecular complexity index is 1110. The standard InChI is InChI=1S/C22H19Cl3FN3O2/c1-12-6-7-14(17(25)8-12)9-15(10-23)29-22(30)21-19(11-27-13(2)28-21)31-18-5-3-4-16(24)20(18)26/h3-8,11,15H,9-10H2,1-2H3,(H,29,30)/t15-/m1/s1. The van der Waals surface area contributed by atoms with E-state index in [1.807, 2.05) is 25.1 Å². The van der Waals surface area contributed by atoms with Gasteiger partial charge in [-0.05, 0) is 49.6 Å². The third kappa shape index (κ3) is 5.85.